The van der Waals surface area contributed by atoms with Crippen LogP contribution in [-0.4, -0.2) is 50.4 Å². The van der Waals surface area contributed by atoms with Crippen molar-refractivity contribution in [3.63, 3.8) is 0 Å². The molecule has 2 rings (SSSR count). The highest BCUT2D eigenvalue weighted by Crippen LogP contribution is 2.24. The Morgan fingerprint density at radius 2 is 1.88 bits per heavy atom. The second-order valence-corrected chi connectivity index (χ2v) is 5.31. The van der Waals surface area contributed by atoms with Gasteiger partial charge in [-0.3, -0.25) is 19.2 Å². The Labute approximate surface area is 139 Å². The molecule has 128 valence electrons. The summed E-state index contributed by atoms with van der Waals surface area (Å²) in [5.41, 5.74) is 0.744. The molecule has 1 atom stereocenters. The summed E-state index contributed by atoms with van der Waals surface area (Å²) in [6.45, 7) is -0.237. The van der Waals surface area contributed by atoms with Crippen molar-refractivity contribution >= 4 is 29.4 Å². The lowest BCUT2D eigenvalue weighted by Gasteiger charge is -2.16. The molecule has 0 unspecified atom stereocenters. The molecule has 0 radical (unpaired) electrons. The summed E-state index contributed by atoms with van der Waals surface area (Å²) >= 11 is 0. The van der Waals surface area contributed by atoms with Crippen molar-refractivity contribution in [2.45, 2.75) is 6.42 Å². The summed E-state index contributed by atoms with van der Waals surface area (Å²) in [6.07, 6.45) is 0.102. The van der Waals surface area contributed by atoms with Crippen LogP contribution >= 0.6 is 0 Å². The fourth-order valence-electron chi connectivity index (χ4n) is 2.36. The number of para-hydroxylation sites is 1. The maximum Gasteiger partial charge on any atom is 0.325 e. The van der Waals surface area contributed by atoms with Gasteiger partial charge in [-0.05, 0) is 12.1 Å². The standard InChI is InChI=1S/C16H19N3O5/c1-24-15(22)9-17-13(20)8-18-16(23)11-7-14(21)19(10-11)12-5-3-2-4-6-12/h2-6,11H,7-10H2,1H3,(H,17,20)(H,18,23)/t11-/m0/s1. The molecule has 0 aliphatic carbocycles. The molecule has 1 aromatic rings. The van der Waals surface area contributed by atoms with E-state index in [9.17, 15) is 19.2 Å². The van der Waals surface area contributed by atoms with E-state index in [0.29, 0.717) is 0 Å². The van der Waals surface area contributed by atoms with E-state index in [1.807, 2.05) is 18.2 Å². The van der Waals surface area contributed by atoms with Gasteiger partial charge in [-0.2, -0.15) is 0 Å². The second-order valence-electron chi connectivity index (χ2n) is 5.31. The first-order valence-corrected chi connectivity index (χ1v) is 7.48. The van der Waals surface area contributed by atoms with Crippen molar-refractivity contribution < 1.29 is 23.9 Å². The predicted molar refractivity (Wildman–Crippen MR) is 84.9 cm³/mol. The van der Waals surface area contributed by atoms with Crippen LogP contribution in [0.5, 0.6) is 0 Å². The first-order valence-electron chi connectivity index (χ1n) is 7.48. The molecule has 0 bridgehead atoms. The minimum absolute atomic E-state index is 0.102. The van der Waals surface area contributed by atoms with Crippen LogP contribution in [0.3, 0.4) is 0 Å². The maximum absolute atomic E-state index is 12.1. The molecule has 0 spiro atoms. The van der Waals surface area contributed by atoms with Gasteiger partial charge in [-0.15, -0.1) is 0 Å². The van der Waals surface area contributed by atoms with E-state index in [1.165, 1.54) is 7.11 Å². The largest absolute Gasteiger partial charge is 0.468 e. The SMILES string of the molecule is COC(=O)CNC(=O)CNC(=O)[C@H]1CC(=O)N(c2ccccc2)C1. The number of nitrogens with zero attached hydrogens (tertiary/aromatic N) is 1. The summed E-state index contributed by atoms with van der Waals surface area (Å²) in [4.78, 5) is 48.1. The first-order chi connectivity index (χ1) is 11.5. The number of ether oxygens (including phenoxy) is 1. The number of carbonyl (C=O) groups excluding carboxylic acids is 4. The second kappa shape index (κ2) is 8.09. The zero-order chi connectivity index (χ0) is 17.5. The van der Waals surface area contributed by atoms with Crippen LogP contribution in [0.4, 0.5) is 5.69 Å². The Bertz CT molecular complexity index is 632. The van der Waals surface area contributed by atoms with Crippen LogP contribution in [0.1, 0.15) is 6.42 Å². The molecule has 0 aromatic heterocycles. The number of amides is 3. The fraction of sp³-hybridized carbons (Fsp3) is 0.375. The van der Waals surface area contributed by atoms with Gasteiger partial charge in [0.05, 0.1) is 19.6 Å². The molecule has 1 aliphatic rings. The molecule has 0 saturated carbocycles. The number of nitrogens with one attached hydrogen (secondary N) is 2. The van der Waals surface area contributed by atoms with Gasteiger partial charge >= 0.3 is 5.97 Å². The van der Waals surface area contributed by atoms with Crippen molar-refractivity contribution in [2.75, 3.05) is 31.6 Å². The zero-order valence-electron chi connectivity index (χ0n) is 13.3. The van der Waals surface area contributed by atoms with E-state index in [1.54, 1.807) is 17.0 Å². The molecular weight excluding hydrogens is 314 g/mol. The molecular formula is C16H19N3O5. The highest BCUT2D eigenvalue weighted by Gasteiger charge is 2.35. The number of carbonyl (C=O) groups is 4. The molecule has 1 aromatic carbocycles. The Hall–Kier alpha value is -2.90. The summed E-state index contributed by atoms with van der Waals surface area (Å²) < 4.78 is 4.39. The molecule has 1 aliphatic heterocycles. The van der Waals surface area contributed by atoms with Crippen LogP contribution < -0.4 is 15.5 Å². The van der Waals surface area contributed by atoms with Gasteiger partial charge in [-0.1, -0.05) is 18.2 Å². The number of benzene rings is 1. The van der Waals surface area contributed by atoms with Gasteiger partial charge in [0.15, 0.2) is 0 Å². The number of anilines is 1. The number of hydrogen-bond acceptors (Lipinski definition) is 5. The molecule has 1 saturated heterocycles. The molecule has 2 N–H and O–H groups in total. The average Bonchev–Trinajstić information content (AvgIpc) is 3.00. The molecule has 24 heavy (non-hydrogen) atoms. The number of rotatable bonds is 6. The number of methoxy groups -OCH3 is 1. The highest BCUT2D eigenvalue weighted by atomic mass is 16.5. The van der Waals surface area contributed by atoms with E-state index >= 15 is 0 Å². The first kappa shape index (κ1) is 17.5. The number of hydrogen-bond donors (Lipinski definition) is 2. The van der Waals surface area contributed by atoms with E-state index in [2.05, 4.69) is 15.4 Å². The van der Waals surface area contributed by atoms with Crippen LogP contribution in [0.25, 0.3) is 0 Å². The van der Waals surface area contributed by atoms with Gasteiger partial charge in [0, 0.05) is 18.7 Å². The quantitative estimate of drug-likeness (QED) is 0.679. The Balaban J connectivity index is 1.80. The lowest BCUT2D eigenvalue weighted by Crippen LogP contribution is -2.41. The van der Waals surface area contributed by atoms with Crippen LogP contribution in [0, 0.1) is 5.92 Å². The van der Waals surface area contributed by atoms with Gasteiger partial charge < -0.3 is 20.3 Å². The third-order valence-electron chi connectivity index (χ3n) is 3.64. The normalized spacial score (nSPS) is 16.6. The van der Waals surface area contributed by atoms with E-state index in [-0.39, 0.29) is 37.9 Å². The monoisotopic (exact) mass is 333 g/mol. The van der Waals surface area contributed by atoms with Crippen molar-refractivity contribution in [1.29, 1.82) is 0 Å². The molecule has 8 heteroatoms. The van der Waals surface area contributed by atoms with Crippen LogP contribution in [0.2, 0.25) is 0 Å². The smallest absolute Gasteiger partial charge is 0.325 e. The predicted octanol–water partition coefficient (Wildman–Crippen LogP) is -0.555. The van der Waals surface area contributed by atoms with Crippen molar-refractivity contribution in [3.8, 4) is 0 Å². The molecule has 3 amide bonds. The van der Waals surface area contributed by atoms with Crippen molar-refractivity contribution in [2.24, 2.45) is 5.92 Å². The van der Waals surface area contributed by atoms with E-state index in [0.717, 1.165) is 5.69 Å². The minimum Gasteiger partial charge on any atom is -0.468 e. The molecule has 8 nitrogen and oxygen atoms in total. The lowest BCUT2D eigenvalue weighted by molar-refractivity contribution is -0.141. The minimum atomic E-state index is -0.574. The average molecular weight is 333 g/mol. The fourth-order valence-corrected chi connectivity index (χ4v) is 2.36. The van der Waals surface area contributed by atoms with Crippen LogP contribution in [-0.2, 0) is 23.9 Å². The van der Waals surface area contributed by atoms with E-state index in [4.69, 9.17) is 0 Å². The van der Waals surface area contributed by atoms with Gasteiger partial charge in [0.2, 0.25) is 17.7 Å². The third-order valence-corrected chi connectivity index (χ3v) is 3.64. The van der Waals surface area contributed by atoms with Gasteiger partial charge in [0.25, 0.3) is 0 Å². The molecule has 1 fully saturated rings. The van der Waals surface area contributed by atoms with Crippen LogP contribution in [0.15, 0.2) is 30.3 Å². The summed E-state index contributed by atoms with van der Waals surface area (Å²) in [5, 5.41) is 4.79. The van der Waals surface area contributed by atoms with Crippen molar-refractivity contribution in [1.82, 2.24) is 10.6 Å². The zero-order valence-corrected chi connectivity index (χ0v) is 13.3. The summed E-state index contributed by atoms with van der Waals surface area (Å²) in [5.74, 6) is -2.08. The van der Waals surface area contributed by atoms with E-state index < -0.39 is 17.8 Å². The maximum atomic E-state index is 12.1. The Morgan fingerprint density at radius 3 is 2.54 bits per heavy atom. The summed E-state index contributed by atoms with van der Waals surface area (Å²) in [7, 11) is 1.21. The summed E-state index contributed by atoms with van der Waals surface area (Å²) in [6, 6.07) is 9.10. The third kappa shape index (κ3) is 4.55. The Morgan fingerprint density at radius 1 is 1.17 bits per heavy atom. The molecule has 1 heterocycles. The Kier molecular flexibility index (Phi) is 5.89. The number of esters is 1. The topological polar surface area (TPSA) is 105 Å². The van der Waals surface area contributed by atoms with Gasteiger partial charge in [0.1, 0.15) is 6.54 Å². The highest BCUT2D eigenvalue weighted by molar-refractivity contribution is 6.00. The van der Waals surface area contributed by atoms with Crippen molar-refractivity contribution in [3.05, 3.63) is 30.3 Å². The lowest BCUT2D eigenvalue weighted by atomic mass is 10.1. The van der Waals surface area contributed by atoms with Gasteiger partial charge in [-0.25, -0.2) is 0 Å².